The number of hydrogen-bond donors (Lipinski definition) is 1. The van der Waals surface area contributed by atoms with E-state index in [2.05, 4.69) is 34.5 Å². The summed E-state index contributed by atoms with van der Waals surface area (Å²) in [6.45, 7) is 6.34. The topological polar surface area (TPSA) is 52.7 Å². The first-order chi connectivity index (χ1) is 12.7. The summed E-state index contributed by atoms with van der Waals surface area (Å²) >= 11 is 0. The number of benzene rings is 1. The van der Waals surface area contributed by atoms with Gasteiger partial charge in [0.1, 0.15) is 0 Å². The van der Waals surface area contributed by atoms with Gasteiger partial charge < -0.3 is 10.2 Å². The summed E-state index contributed by atoms with van der Waals surface area (Å²) in [7, 11) is 1.73. The molecule has 2 aliphatic carbocycles. The Morgan fingerprint density at radius 3 is 2.48 bits per heavy atom. The molecular weight excluding hydrogens is 338 g/mol. The minimum Gasteiger partial charge on any atom is -0.350 e. The van der Waals surface area contributed by atoms with Crippen LogP contribution in [0.15, 0.2) is 24.3 Å². The van der Waals surface area contributed by atoms with Crippen molar-refractivity contribution in [3.8, 4) is 0 Å². The van der Waals surface area contributed by atoms with Gasteiger partial charge in [-0.3, -0.25) is 14.5 Å². The molecule has 2 amide bonds. The van der Waals surface area contributed by atoms with E-state index in [-0.39, 0.29) is 23.9 Å². The lowest BCUT2D eigenvalue weighted by Gasteiger charge is -2.36. The fourth-order valence-electron chi connectivity index (χ4n) is 4.01. The molecule has 0 radical (unpaired) electrons. The Labute approximate surface area is 163 Å². The van der Waals surface area contributed by atoms with Crippen molar-refractivity contribution < 1.29 is 9.59 Å². The second-order valence-corrected chi connectivity index (χ2v) is 9.06. The number of hydrogen-bond acceptors (Lipinski definition) is 3. The predicted octanol–water partition coefficient (Wildman–Crippen LogP) is 2.90. The third kappa shape index (κ3) is 5.32. The highest BCUT2D eigenvalue weighted by Crippen LogP contribution is 2.40. The molecule has 1 saturated carbocycles. The number of fused-ring (bicyclic) bond motifs is 1. The van der Waals surface area contributed by atoms with Crippen molar-refractivity contribution in [1.29, 1.82) is 0 Å². The standard InChI is InChI=1S/C22H33N3O2/c1-22(2,3)23-20(26)14-24(4)21(27)15-25(17-12-13-17)19-11-7-9-16-8-5-6-10-18(16)19/h5-6,8,10,17,19H,7,9,11-15H2,1-4H3,(H,23,26)/t19-/m0/s1. The quantitative estimate of drug-likeness (QED) is 0.837. The molecule has 0 heterocycles. The molecule has 1 aromatic carbocycles. The number of amides is 2. The lowest BCUT2D eigenvalue weighted by Crippen LogP contribution is -2.48. The Kier molecular flexibility index (Phi) is 5.89. The van der Waals surface area contributed by atoms with Gasteiger partial charge in [-0.1, -0.05) is 24.3 Å². The van der Waals surface area contributed by atoms with Crippen LogP contribution < -0.4 is 5.32 Å². The highest BCUT2D eigenvalue weighted by atomic mass is 16.2. The summed E-state index contributed by atoms with van der Waals surface area (Å²) in [6.07, 6.45) is 5.74. The van der Waals surface area contributed by atoms with Gasteiger partial charge in [0.05, 0.1) is 13.1 Å². The van der Waals surface area contributed by atoms with E-state index in [0.29, 0.717) is 18.6 Å². The predicted molar refractivity (Wildman–Crippen MR) is 107 cm³/mol. The van der Waals surface area contributed by atoms with Crippen molar-refractivity contribution in [2.75, 3.05) is 20.1 Å². The van der Waals surface area contributed by atoms with Gasteiger partial charge in [-0.05, 0) is 64.0 Å². The lowest BCUT2D eigenvalue weighted by molar-refractivity contribution is -0.136. The fourth-order valence-corrected chi connectivity index (χ4v) is 4.01. The Morgan fingerprint density at radius 1 is 1.11 bits per heavy atom. The maximum absolute atomic E-state index is 12.8. The molecule has 0 unspecified atom stereocenters. The smallest absolute Gasteiger partial charge is 0.240 e. The van der Waals surface area contributed by atoms with E-state index >= 15 is 0 Å². The van der Waals surface area contributed by atoms with Crippen LogP contribution in [0.5, 0.6) is 0 Å². The van der Waals surface area contributed by atoms with E-state index in [0.717, 1.165) is 12.8 Å². The average Bonchev–Trinajstić information content (AvgIpc) is 3.42. The molecule has 1 N–H and O–H groups in total. The van der Waals surface area contributed by atoms with Crippen molar-refractivity contribution in [2.45, 2.75) is 70.5 Å². The van der Waals surface area contributed by atoms with Gasteiger partial charge in [0, 0.05) is 24.7 Å². The van der Waals surface area contributed by atoms with Gasteiger partial charge >= 0.3 is 0 Å². The van der Waals surface area contributed by atoms with Crippen molar-refractivity contribution in [3.05, 3.63) is 35.4 Å². The molecular formula is C22H33N3O2. The molecule has 27 heavy (non-hydrogen) atoms. The van der Waals surface area contributed by atoms with E-state index in [1.807, 2.05) is 20.8 Å². The van der Waals surface area contributed by atoms with E-state index in [9.17, 15) is 9.59 Å². The number of nitrogens with one attached hydrogen (secondary N) is 1. The number of carbonyl (C=O) groups excluding carboxylic acids is 2. The van der Waals surface area contributed by atoms with Crippen molar-refractivity contribution in [2.24, 2.45) is 0 Å². The molecule has 148 valence electrons. The number of carbonyl (C=O) groups is 2. The first-order valence-corrected chi connectivity index (χ1v) is 10.1. The maximum Gasteiger partial charge on any atom is 0.240 e. The van der Waals surface area contributed by atoms with E-state index in [4.69, 9.17) is 0 Å². The van der Waals surface area contributed by atoms with Gasteiger partial charge in [0.25, 0.3) is 0 Å². The number of aryl methyl sites for hydroxylation is 1. The first-order valence-electron chi connectivity index (χ1n) is 10.1. The number of rotatable bonds is 6. The monoisotopic (exact) mass is 371 g/mol. The van der Waals surface area contributed by atoms with Gasteiger partial charge in [0.15, 0.2) is 0 Å². The van der Waals surface area contributed by atoms with E-state index in [1.165, 1.54) is 30.4 Å². The van der Waals surface area contributed by atoms with Crippen LogP contribution >= 0.6 is 0 Å². The SMILES string of the molecule is CN(CC(=O)NC(C)(C)C)C(=O)CN(C1CC1)[C@H]1CCCc2ccccc21. The fraction of sp³-hybridized carbons (Fsp3) is 0.636. The molecule has 5 heteroatoms. The molecule has 0 aliphatic heterocycles. The highest BCUT2D eigenvalue weighted by Gasteiger charge is 2.37. The maximum atomic E-state index is 12.8. The third-order valence-corrected chi connectivity index (χ3v) is 5.39. The molecule has 0 saturated heterocycles. The summed E-state index contributed by atoms with van der Waals surface area (Å²) in [5.74, 6) is -0.0895. The number of likely N-dealkylation sites (N-methyl/N-ethyl adjacent to an activating group) is 1. The zero-order valence-corrected chi connectivity index (χ0v) is 17.1. The highest BCUT2D eigenvalue weighted by molar-refractivity contribution is 5.85. The summed E-state index contributed by atoms with van der Waals surface area (Å²) in [4.78, 5) is 28.9. The van der Waals surface area contributed by atoms with Gasteiger partial charge in [-0.25, -0.2) is 0 Å². The van der Waals surface area contributed by atoms with Crippen LogP contribution in [0.25, 0.3) is 0 Å². The summed E-state index contributed by atoms with van der Waals surface area (Å²) in [5.41, 5.74) is 2.52. The van der Waals surface area contributed by atoms with Gasteiger partial charge in [0.2, 0.25) is 11.8 Å². The minimum absolute atomic E-state index is 0.0222. The summed E-state index contributed by atoms with van der Waals surface area (Å²) < 4.78 is 0. The zero-order chi connectivity index (χ0) is 19.6. The summed E-state index contributed by atoms with van der Waals surface area (Å²) in [6, 6.07) is 9.48. The summed E-state index contributed by atoms with van der Waals surface area (Å²) in [5, 5.41) is 2.92. The minimum atomic E-state index is -0.285. The van der Waals surface area contributed by atoms with Crippen molar-refractivity contribution >= 4 is 11.8 Å². The Morgan fingerprint density at radius 2 is 1.81 bits per heavy atom. The Balaban J connectivity index is 1.65. The van der Waals surface area contributed by atoms with Gasteiger partial charge in [-0.2, -0.15) is 0 Å². The van der Waals surface area contributed by atoms with Crippen molar-refractivity contribution in [1.82, 2.24) is 15.1 Å². The molecule has 3 rings (SSSR count). The van der Waals surface area contributed by atoms with Crippen LogP contribution in [-0.2, 0) is 16.0 Å². The van der Waals surface area contributed by atoms with Crippen LogP contribution in [0, 0.1) is 0 Å². The van der Waals surface area contributed by atoms with Crippen molar-refractivity contribution in [3.63, 3.8) is 0 Å². The van der Waals surface area contributed by atoms with Crippen LogP contribution in [0.2, 0.25) is 0 Å². The van der Waals surface area contributed by atoms with Gasteiger partial charge in [-0.15, -0.1) is 0 Å². The molecule has 1 aromatic rings. The molecule has 2 aliphatic rings. The second-order valence-electron chi connectivity index (χ2n) is 9.06. The average molecular weight is 372 g/mol. The first kappa shape index (κ1) is 19.9. The lowest BCUT2D eigenvalue weighted by atomic mass is 9.86. The van der Waals surface area contributed by atoms with Crippen LogP contribution in [0.1, 0.15) is 63.6 Å². The normalized spacial score (nSPS) is 19.5. The molecule has 0 aromatic heterocycles. The van der Waals surface area contributed by atoms with Crippen LogP contribution in [-0.4, -0.2) is 53.3 Å². The molecule has 0 spiro atoms. The number of nitrogens with zero attached hydrogens (tertiary/aromatic N) is 2. The van der Waals surface area contributed by atoms with E-state index in [1.54, 1.807) is 11.9 Å². The Hall–Kier alpha value is -1.88. The van der Waals surface area contributed by atoms with Crippen LogP contribution in [0.3, 0.4) is 0 Å². The zero-order valence-electron chi connectivity index (χ0n) is 17.1. The third-order valence-electron chi connectivity index (χ3n) is 5.39. The Bertz CT molecular complexity index is 691. The largest absolute Gasteiger partial charge is 0.350 e. The molecule has 0 bridgehead atoms. The van der Waals surface area contributed by atoms with Crippen LogP contribution in [0.4, 0.5) is 0 Å². The molecule has 5 nitrogen and oxygen atoms in total. The van der Waals surface area contributed by atoms with E-state index < -0.39 is 0 Å². The molecule has 1 atom stereocenters. The molecule has 1 fully saturated rings. The second kappa shape index (κ2) is 8.01.